The predicted molar refractivity (Wildman–Crippen MR) is 91.7 cm³/mol. The van der Waals surface area contributed by atoms with Crippen molar-refractivity contribution in [3.63, 3.8) is 0 Å². The first kappa shape index (κ1) is 17.2. The number of hydrazone groups is 1. The molecule has 1 saturated heterocycles. The molecule has 1 heterocycles. The van der Waals surface area contributed by atoms with Gasteiger partial charge in [0.1, 0.15) is 23.7 Å². The number of amides is 1. The molecule has 3 unspecified atom stereocenters. The highest BCUT2D eigenvalue weighted by Crippen LogP contribution is 2.31. The maximum absolute atomic E-state index is 12.2. The Labute approximate surface area is 145 Å². The molecule has 1 aliphatic carbocycles. The van der Waals surface area contributed by atoms with Crippen LogP contribution in [0.3, 0.4) is 0 Å². The minimum atomic E-state index is -0.759. The second-order valence-electron chi connectivity index (χ2n) is 5.99. The molecule has 0 aromatic heterocycles. The Morgan fingerprint density at radius 3 is 2.76 bits per heavy atom. The summed E-state index contributed by atoms with van der Waals surface area (Å²) >= 11 is 0. The van der Waals surface area contributed by atoms with Gasteiger partial charge in [0.25, 0.3) is 5.91 Å². The molecule has 0 radical (unpaired) electrons. The number of nitrogens with one attached hydrogen (secondary N) is 1. The Balaban J connectivity index is 1.63. The fourth-order valence-electron chi connectivity index (χ4n) is 2.70. The van der Waals surface area contributed by atoms with E-state index in [0.29, 0.717) is 16.7 Å². The van der Waals surface area contributed by atoms with Crippen LogP contribution in [0.5, 0.6) is 11.5 Å². The summed E-state index contributed by atoms with van der Waals surface area (Å²) in [6, 6.07) is 1.53. The number of hydrogen-bond acceptors (Lipinski definition) is 6. The van der Waals surface area contributed by atoms with Crippen LogP contribution in [-0.4, -0.2) is 47.3 Å². The van der Waals surface area contributed by atoms with Gasteiger partial charge in [-0.1, -0.05) is 24.3 Å². The molecule has 1 aliphatic heterocycles. The van der Waals surface area contributed by atoms with E-state index in [-0.39, 0.29) is 30.3 Å². The topological polar surface area (TPSA) is 100 Å². The summed E-state index contributed by atoms with van der Waals surface area (Å²) in [6.45, 7) is 3.46. The van der Waals surface area contributed by atoms with E-state index in [4.69, 9.17) is 9.47 Å². The quantitative estimate of drug-likeness (QED) is 0.569. The van der Waals surface area contributed by atoms with E-state index in [9.17, 15) is 15.0 Å². The molecule has 3 N–H and O–H groups in total. The third kappa shape index (κ3) is 3.57. The number of benzene rings is 1. The maximum Gasteiger partial charge on any atom is 0.271 e. The summed E-state index contributed by atoms with van der Waals surface area (Å²) in [5, 5.41) is 23.6. The van der Waals surface area contributed by atoms with Crippen molar-refractivity contribution in [1.82, 2.24) is 5.43 Å². The molecule has 25 heavy (non-hydrogen) atoms. The van der Waals surface area contributed by atoms with Crippen molar-refractivity contribution in [2.45, 2.75) is 32.2 Å². The fourth-order valence-corrected chi connectivity index (χ4v) is 2.70. The molecular formula is C18H20N2O5. The molecule has 1 aromatic carbocycles. The van der Waals surface area contributed by atoms with Crippen LogP contribution < -0.4 is 5.43 Å². The number of ether oxygens (including phenoxy) is 2. The predicted octanol–water partition coefficient (Wildman–Crippen LogP) is 1.44. The Morgan fingerprint density at radius 2 is 2.00 bits per heavy atom. The van der Waals surface area contributed by atoms with E-state index in [2.05, 4.69) is 10.5 Å². The molecule has 0 saturated carbocycles. The van der Waals surface area contributed by atoms with Crippen molar-refractivity contribution in [2.75, 3.05) is 6.61 Å². The first-order valence-electron chi connectivity index (χ1n) is 7.94. The van der Waals surface area contributed by atoms with Gasteiger partial charge in [-0.25, -0.2) is 5.43 Å². The van der Waals surface area contributed by atoms with E-state index in [1.165, 1.54) is 12.3 Å². The van der Waals surface area contributed by atoms with Gasteiger partial charge in [0.2, 0.25) is 0 Å². The second-order valence-corrected chi connectivity index (χ2v) is 5.99. The van der Waals surface area contributed by atoms with Crippen LogP contribution in [0, 0.1) is 13.8 Å². The van der Waals surface area contributed by atoms with Crippen molar-refractivity contribution in [3.05, 3.63) is 47.1 Å². The van der Waals surface area contributed by atoms with E-state index in [0.717, 1.165) is 0 Å². The lowest BCUT2D eigenvalue weighted by Gasteiger charge is -2.33. The molecule has 0 spiro atoms. The summed E-state index contributed by atoms with van der Waals surface area (Å²) in [5.41, 5.74) is 3.81. The molecule has 2 aliphatic rings. The van der Waals surface area contributed by atoms with Gasteiger partial charge < -0.3 is 19.7 Å². The van der Waals surface area contributed by atoms with Gasteiger partial charge in [-0.2, -0.15) is 5.10 Å². The standard InChI is InChI=1S/C18H20N2O5/c1-10-7-13(21)11(2)17(22)12(10)8-19-20-18(23)16-9-24-14-5-3-4-6-15(14)25-16/h3-8,14-16,21-22H,9H2,1-2H3,(H,20,23)/b19-8+. The van der Waals surface area contributed by atoms with E-state index < -0.39 is 12.0 Å². The summed E-state index contributed by atoms with van der Waals surface area (Å²) in [4.78, 5) is 12.2. The Kier molecular flexibility index (Phi) is 4.87. The van der Waals surface area contributed by atoms with E-state index in [1.54, 1.807) is 13.8 Å². The highest BCUT2D eigenvalue weighted by atomic mass is 16.6. The molecule has 3 rings (SSSR count). The third-order valence-electron chi connectivity index (χ3n) is 4.23. The number of carbonyl (C=O) groups excluding carboxylic acids is 1. The van der Waals surface area contributed by atoms with Gasteiger partial charge in [-0.05, 0) is 25.5 Å². The van der Waals surface area contributed by atoms with Gasteiger partial charge in [0.15, 0.2) is 6.10 Å². The molecule has 3 atom stereocenters. The van der Waals surface area contributed by atoms with Crippen LogP contribution in [0.2, 0.25) is 0 Å². The summed E-state index contributed by atoms with van der Waals surface area (Å²) < 4.78 is 11.3. The normalized spacial score (nSPS) is 25.1. The van der Waals surface area contributed by atoms with Crippen molar-refractivity contribution in [1.29, 1.82) is 0 Å². The van der Waals surface area contributed by atoms with Crippen LogP contribution in [0.15, 0.2) is 35.5 Å². The second kappa shape index (κ2) is 7.08. The largest absolute Gasteiger partial charge is 0.508 e. The lowest BCUT2D eigenvalue weighted by Crippen LogP contribution is -2.48. The van der Waals surface area contributed by atoms with Crippen molar-refractivity contribution >= 4 is 12.1 Å². The SMILES string of the molecule is Cc1cc(O)c(C)c(O)c1/C=N/NC(=O)C1COC2C=CC=CC2O1. The highest BCUT2D eigenvalue weighted by molar-refractivity contribution is 5.88. The summed E-state index contributed by atoms with van der Waals surface area (Å²) in [7, 11) is 0. The Morgan fingerprint density at radius 1 is 1.28 bits per heavy atom. The molecule has 7 heteroatoms. The molecule has 1 fully saturated rings. The number of carbonyl (C=O) groups is 1. The van der Waals surface area contributed by atoms with Gasteiger partial charge in [0.05, 0.1) is 12.8 Å². The molecule has 1 amide bonds. The van der Waals surface area contributed by atoms with Crippen LogP contribution in [0.1, 0.15) is 16.7 Å². The maximum atomic E-state index is 12.2. The number of phenolic OH excluding ortho intramolecular Hbond substituents is 2. The van der Waals surface area contributed by atoms with Gasteiger partial charge in [-0.15, -0.1) is 0 Å². The van der Waals surface area contributed by atoms with E-state index in [1.807, 2.05) is 24.3 Å². The number of phenols is 2. The first-order valence-corrected chi connectivity index (χ1v) is 7.94. The smallest absolute Gasteiger partial charge is 0.271 e. The first-order chi connectivity index (χ1) is 12.0. The molecule has 7 nitrogen and oxygen atoms in total. The summed E-state index contributed by atoms with van der Waals surface area (Å²) in [6.07, 6.45) is 7.58. The van der Waals surface area contributed by atoms with Crippen molar-refractivity contribution in [2.24, 2.45) is 5.10 Å². The Bertz CT molecular complexity index is 769. The highest BCUT2D eigenvalue weighted by Gasteiger charge is 2.33. The minimum Gasteiger partial charge on any atom is -0.508 e. The van der Waals surface area contributed by atoms with Crippen LogP contribution >= 0.6 is 0 Å². The number of nitrogens with zero attached hydrogens (tertiary/aromatic N) is 1. The summed E-state index contributed by atoms with van der Waals surface area (Å²) in [5.74, 6) is -0.493. The third-order valence-corrected chi connectivity index (χ3v) is 4.23. The average molecular weight is 344 g/mol. The molecular weight excluding hydrogens is 324 g/mol. The van der Waals surface area contributed by atoms with Crippen LogP contribution in [0.4, 0.5) is 0 Å². The van der Waals surface area contributed by atoms with Crippen molar-refractivity contribution < 1.29 is 24.5 Å². The minimum absolute atomic E-state index is 0.00748. The lowest BCUT2D eigenvalue weighted by molar-refractivity contribution is -0.168. The number of fused-ring (bicyclic) bond motifs is 1. The number of rotatable bonds is 3. The molecule has 1 aromatic rings. The number of aryl methyl sites for hydroxylation is 1. The van der Waals surface area contributed by atoms with Gasteiger partial charge in [-0.3, -0.25) is 4.79 Å². The molecule has 0 bridgehead atoms. The number of hydrogen-bond donors (Lipinski definition) is 3. The van der Waals surface area contributed by atoms with Gasteiger partial charge >= 0.3 is 0 Å². The average Bonchev–Trinajstić information content (AvgIpc) is 2.62. The number of aromatic hydroxyl groups is 2. The Hall–Kier alpha value is -2.64. The monoisotopic (exact) mass is 344 g/mol. The van der Waals surface area contributed by atoms with Gasteiger partial charge in [0, 0.05) is 11.1 Å². The van der Waals surface area contributed by atoms with Crippen LogP contribution in [0.25, 0.3) is 0 Å². The van der Waals surface area contributed by atoms with E-state index >= 15 is 0 Å². The zero-order valence-corrected chi connectivity index (χ0v) is 14.0. The molecule has 132 valence electrons. The van der Waals surface area contributed by atoms with Crippen molar-refractivity contribution in [3.8, 4) is 11.5 Å². The lowest BCUT2D eigenvalue weighted by atomic mass is 10.0. The zero-order valence-electron chi connectivity index (χ0n) is 14.0. The van der Waals surface area contributed by atoms with Crippen LogP contribution in [-0.2, 0) is 14.3 Å². The number of allylic oxidation sites excluding steroid dienone is 2. The zero-order chi connectivity index (χ0) is 18.0. The fraction of sp³-hybridized carbons (Fsp3) is 0.333.